The van der Waals surface area contributed by atoms with E-state index in [9.17, 15) is 4.21 Å². The molecule has 0 fully saturated rings. The molecule has 14 heavy (non-hydrogen) atoms. The van der Waals surface area contributed by atoms with Crippen molar-refractivity contribution in [3.05, 3.63) is 23.8 Å². The van der Waals surface area contributed by atoms with Gasteiger partial charge < -0.3 is 9.29 Å². The maximum absolute atomic E-state index is 10.8. The van der Waals surface area contributed by atoms with Gasteiger partial charge in [0.05, 0.1) is 18.2 Å². The van der Waals surface area contributed by atoms with E-state index in [0.29, 0.717) is 12.2 Å². The van der Waals surface area contributed by atoms with Crippen LogP contribution in [-0.2, 0) is 11.1 Å². The standard InChI is InChI=1S/C9H9NO3S/c1-2-13-8-5-7(6-10)3-4-9(8)14(11)12/h3-5H,2H2,1H3,(H,11,12). The van der Waals surface area contributed by atoms with Gasteiger partial charge >= 0.3 is 0 Å². The fourth-order valence-electron chi connectivity index (χ4n) is 0.990. The number of hydrogen-bond acceptors (Lipinski definition) is 3. The van der Waals surface area contributed by atoms with Gasteiger partial charge in [0, 0.05) is 0 Å². The zero-order chi connectivity index (χ0) is 10.6. The van der Waals surface area contributed by atoms with Crippen LogP contribution >= 0.6 is 0 Å². The summed E-state index contributed by atoms with van der Waals surface area (Å²) in [6.45, 7) is 2.15. The Morgan fingerprint density at radius 2 is 2.36 bits per heavy atom. The van der Waals surface area contributed by atoms with Crippen molar-refractivity contribution in [3.8, 4) is 11.8 Å². The Bertz CT molecular complexity index is 398. The van der Waals surface area contributed by atoms with Gasteiger partial charge in [0.1, 0.15) is 10.6 Å². The highest BCUT2D eigenvalue weighted by molar-refractivity contribution is 7.79. The summed E-state index contributed by atoms with van der Waals surface area (Å²) in [4.78, 5) is 0.186. The zero-order valence-corrected chi connectivity index (χ0v) is 8.37. The second-order valence-corrected chi connectivity index (χ2v) is 3.39. The molecule has 74 valence electrons. The summed E-state index contributed by atoms with van der Waals surface area (Å²) in [7, 11) is 0. The summed E-state index contributed by atoms with van der Waals surface area (Å²) in [5, 5.41) is 8.62. The molecule has 0 amide bonds. The van der Waals surface area contributed by atoms with E-state index in [-0.39, 0.29) is 10.6 Å². The van der Waals surface area contributed by atoms with E-state index < -0.39 is 11.1 Å². The number of ether oxygens (including phenoxy) is 1. The number of rotatable bonds is 3. The van der Waals surface area contributed by atoms with E-state index in [4.69, 9.17) is 14.6 Å². The Balaban J connectivity index is 3.18. The summed E-state index contributed by atoms with van der Waals surface area (Å²) in [5.74, 6) is 0.285. The summed E-state index contributed by atoms with van der Waals surface area (Å²) in [6, 6.07) is 6.28. The maximum Gasteiger partial charge on any atom is 0.190 e. The molecule has 4 nitrogen and oxygen atoms in total. The lowest BCUT2D eigenvalue weighted by Crippen LogP contribution is -1.98. The third-order valence-corrected chi connectivity index (χ3v) is 2.27. The maximum atomic E-state index is 10.8. The van der Waals surface area contributed by atoms with Crippen molar-refractivity contribution in [2.75, 3.05) is 6.61 Å². The molecule has 0 saturated carbocycles. The van der Waals surface area contributed by atoms with Gasteiger partial charge in [-0.25, -0.2) is 4.21 Å². The van der Waals surface area contributed by atoms with E-state index in [2.05, 4.69) is 0 Å². The smallest absolute Gasteiger partial charge is 0.190 e. The predicted molar refractivity (Wildman–Crippen MR) is 51.4 cm³/mol. The van der Waals surface area contributed by atoms with E-state index in [1.807, 2.05) is 6.07 Å². The van der Waals surface area contributed by atoms with Gasteiger partial charge in [0.15, 0.2) is 11.1 Å². The van der Waals surface area contributed by atoms with Crippen LogP contribution in [0.25, 0.3) is 0 Å². The molecule has 1 aromatic rings. The van der Waals surface area contributed by atoms with Crippen LogP contribution < -0.4 is 4.74 Å². The van der Waals surface area contributed by atoms with Gasteiger partial charge in [-0.3, -0.25) is 0 Å². The average molecular weight is 211 g/mol. The lowest BCUT2D eigenvalue weighted by atomic mass is 10.2. The van der Waals surface area contributed by atoms with Gasteiger partial charge in [0.2, 0.25) is 0 Å². The molecule has 0 aliphatic carbocycles. The topological polar surface area (TPSA) is 70.3 Å². The van der Waals surface area contributed by atoms with Crippen molar-refractivity contribution < 1.29 is 13.5 Å². The van der Waals surface area contributed by atoms with Gasteiger partial charge in [-0.1, -0.05) is 0 Å². The summed E-state index contributed by atoms with van der Waals surface area (Å²) >= 11 is -2.09. The Morgan fingerprint density at radius 1 is 1.64 bits per heavy atom. The van der Waals surface area contributed by atoms with Gasteiger partial charge in [-0.15, -0.1) is 0 Å². The van der Waals surface area contributed by atoms with E-state index >= 15 is 0 Å². The largest absolute Gasteiger partial charge is 0.492 e. The average Bonchev–Trinajstić information content (AvgIpc) is 2.17. The molecule has 1 rings (SSSR count). The Hall–Kier alpha value is -1.38. The van der Waals surface area contributed by atoms with Crippen LogP contribution in [0.2, 0.25) is 0 Å². The molecule has 0 aliphatic heterocycles. The molecule has 1 N–H and O–H groups in total. The lowest BCUT2D eigenvalue weighted by Gasteiger charge is -2.06. The minimum absolute atomic E-state index is 0.186. The minimum atomic E-state index is -2.09. The second-order valence-electron chi connectivity index (χ2n) is 2.46. The molecule has 0 aliphatic rings. The van der Waals surface area contributed by atoms with Crippen LogP contribution in [0.5, 0.6) is 5.75 Å². The highest BCUT2D eigenvalue weighted by atomic mass is 32.2. The lowest BCUT2D eigenvalue weighted by molar-refractivity contribution is 0.330. The van der Waals surface area contributed by atoms with Gasteiger partial charge in [-0.2, -0.15) is 5.26 Å². The van der Waals surface area contributed by atoms with Crippen molar-refractivity contribution in [2.45, 2.75) is 11.8 Å². The molecule has 1 unspecified atom stereocenters. The number of nitriles is 1. The summed E-state index contributed by atoms with van der Waals surface area (Å²) < 4.78 is 24.9. The molecule has 0 spiro atoms. The normalized spacial score (nSPS) is 11.8. The molecule has 0 aromatic heterocycles. The zero-order valence-electron chi connectivity index (χ0n) is 7.56. The molecule has 0 heterocycles. The fourth-order valence-corrected chi connectivity index (χ4v) is 1.46. The van der Waals surface area contributed by atoms with Crippen molar-refractivity contribution in [1.82, 2.24) is 0 Å². The quantitative estimate of drug-likeness (QED) is 0.770. The second kappa shape index (κ2) is 4.74. The van der Waals surface area contributed by atoms with Crippen molar-refractivity contribution in [2.24, 2.45) is 0 Å². The van der Waals surface area contributed by atoms with E-state index in [1.54, 1.807) is 6.92 Å². The molecule has 0 radical (unpaired) electrons. The van der Waals surface area contributed by atoms with Crippen LogP contribution in [0.15, 0.2) is 23.1 Å². The van der Waals surface area contributed by atoms with Crippen molar-refractivity contribution in [3.63, 3.8) is 0 Å². The third-order valence-electron chi connectivity index (χ3n) is 1.56. The monoisotopic (exact) mass is 211 g/mol. The molecule has 5 heteroatoms. The highest BCUT2D eigenvalue weighted by Gasteiger charge is 2.09. The highest BCUT2D eigenvalue weighted by Crippen LogP contribution is 2.22. The fraction of sp³-hybridized carbons (Fsp3) is 0.222. The third kappa shape index (κ3) is 2.31. The number of hydrogen-bond donors (Lipinski definition) is 1. The van der Waals surface area contributed by atoms with Gasteiger partial charge in [0.25, 0.3) is 0 Å². The molecular weight excluding hydrogens is 202 g/mol. The van der Waals surface area contributed by atoms with Crippen LogP contribution in [0.1, 0.15) is 12.5 Å². The molecular formula is C9H9NO3S. The minimum Gasteiger partial charge on any atom is -0.492 e. The first-order valence-corrected chi connectivity index (χ1v) is 5.07. The van der Waals surface area contributed by atoms with Crippen molar-refractivity contribution in [1.29, 1.82) is 5.26 Å². The first kappa shape index (κ1) is 10.7. The molecule has 1 atom stereocenters. The van der Waals surface area contributed by atoms with Crippen LogP contribution in [0.3, 0.4) is 0 Å². The Kier molecular flexibility index (Phi) is 3.63. The van der Waals surface area contributed by atoms with Crippen molar-refractivity contribution >= 4 is 11.1 Å². The number of benzene rings is 1. The van der Waals surface area contributed by atoms with Crippen LogP contribution in [0, 0.1) is 11.3 Å². The Labute approximate surface area is 84.4 Å². The van der Waals surface area contributed by atoms with E-state index in [1.165, 1.54) is 18.2 Å². The first-order chi connectivity index (χ1) is 6.69. The van der Waals surface area contributed by atoms with Crippen LogP contribution in [-0.4, -0.2) is 15.4 Å². The van der Waals surface area contributed by atoms with E-state index in [0.717, 1.165) is 0 Å². The SMILES string of the molecule is CCOc1cc(C#N)ccc1S(=O)O. The predicted octanol–water partition coefficient (Wildman–Crippen LogP) is 1.54. The summed E-state index contributed by atoms with van der Waals surface area (Å²) in [5.41, 5.74) is 0.405. The number of nitrogens with zero attached hydrogens (tertiary/aromatic N) is 1. The molecule has 0 saturated heterocycles. The Morgan fingerprint density at radius 3 is 2.86 bits per heavy atom. The first-order valence-electron chi connectivity index (χ1n) is 3.96. The summed E-state index contributed by atoms with van der Waals surface area (Å²) in [6.07, 6.45) is 0. The van der Waals surface area contributed by atoms with Gasteiger partial charge in [-0.05, 0) is 25.1 Å². The molecule has 1 aromatic carbocycles. The van der Waals surface area contributed by atoms with Crippen LogP contribution in [0.4, 0.5) is 0 Å². The molecule has 0 bridgehead atoms.